The quantitative estimate of drug-likeness (QED) is 0.252. The van der Waals surface area contributed by atoms with Gasteiger partial charge < -0.3 is 25.1 Å². The molecule has 1 aliphatic heterocycles. The van der Waals surface area contributed by atoms with Crippen LogP contribution in [0, 0.1) is 11.3 Å². The number of nitriles is 1. The summed E-state index contributed by atoms with van der Waals surface area (Å²) in [5.74, 6) is -0.306. The molecule has 3 aromatic rings. The van der Waals surface area contributed by atoms with Gasteiger partial charge in [-0.2, -0.15) is 5.26 Å². The number of thioether (sulfide) groups is 1. The molecule has 206 valence electrons. The molecule has 0 saturated carbocycles. The van der Waals surface area contributed by atoms with Crippen molar-refractivity contribution in [3.63, 3.8) is 0 Å². The Kier molecular flexibility index (Phi) is 9.71. The zero-order chi connectivity index (χ0) is 28.5. The number of dihydropyridines is 1. The lowest BCUT2D eigenvalue weighted by Crippen LogP contribution is -2.31. The van der Waals surface area contributed by atoms with Gasteiger partial charge in [0.1, 0.15) is 11.5 Å². The molecular formula is C31H32N4O4S. The highest BCUT2D eigenvalue weighted by Crippen LogP contribution is 2.41. The topological polar surface area (TPSA) is 116 Å². The van der Waals surface area contributed by atoms with E-state index in [1.807, 2.05) is 30.3 Å². The summed E-state index contributed by atoms with van der Waals surface area (Å²) in [5, 5.41) is 19.7. The Morgan fingerprint density at radius 1 is 1.10 bits per heavy atom. The first-order chi connectivity index (χ1) is 19.4. The van der Waals surface area contributed by atoms with Crippen molar-refractivity contribution in [2.45, 2.75) is 39.0 Å². The number of carbonyl (C=O) groups excluding carboxylic acids is 2. The van der Waals surface area contributed by atoms with Crippen LogP contribution in [0.2, 0.25) is 0 Å². The lowest BCUT2D eigenvalue weighted by Gasteiger charge is -2.28. The molecule has 8 nitrogen and oxygen atoms in total. The van der Waals surface area contributed by atoms with E-state index in [4.69, 9.17) is 9.15 Å². The number of benzene rings is 2. The fourth-order valence-corrected chi connectivity index (χ4v) is 5.37. The van der Waals surface area contributed by atoms with Crippen LogP contribution in [0.1, 0.15) is 43.9 Å². The maximum absolute atomic E-state index is 13.6. The number of unbranched alkanes of at least 4 members (excludes halogenated alkanes) is 1. The number of furan rings is 1. The molecule has 1 atom stereocenters. The molecule has 3 N–H and O–H groups in total. The number of rotatable bonds is 11. The molecule has 2 aromatic carbocycles. The van der Waals surface area contributed by atoms with E-state index in [0.717, 1.165) is 24.9 Å². The van der Waals surface area contributed by atoms with Crippen molar-refractivity contribution < 1.29 is 18.7 Å². The molecule has 0 saturated heterocycles. The highest BCUT2D eigenvalue weighted by molar-refractivity contribution is 8.03. The summed E-state index contributed by atoms with van der Waals surface area (Å²) in [6.07, 6.45) is 4.78. The molecule has 1 aromatic heterocycles. The number of nitrogens with zero attached hydrogens (tertiary/aromatic N) is 1. The van der Waals surface area contributed by atoms with Crippen LogP contribution in [0.25, 0.3) is 0 Å². The fraction of sp³-hybridized carbons (Fsp3) is 0.258. The number of amides is 2. The average molecular weight is 557 g/mol. The smallest absolute Gasteiger partial charge is 0.254 e. The van der Waals surface area contributed by atoms with Gasteiger partial charge in [0, 0.05) is 11.4 Å². The Bertz CT molecular complexity index is 1450. The number of carbonyl (C=O) groups is 2. The van der Waals surface area contributed by atoms with Crippen LogP contribution in [0.15, 0.2) is 93.2 Å². The second-order valence-corrected chi connectivity index (χ2v) is 10.2. The Morgan fingerprint density at radius 3 is 2.55 bits per heavy atom. The van der Waals surface area contributed by atoms with Crippen LogP contribution in [0.4, 0.5) is 11.4 Å². The molecule has 4 rings (SSSR count). The highest BCUT2D eigenvalue weighted by Gasteiger charge is 2.36. The van der Waals surface area contributed by atoms with Crippen molar-refractivity contribution in [1.82, 2.24) is 5.32 Å². The zero-order valence-electron chi connectivity index (χ0n) is 22.7. The molecule has 0 bridgehead atoms. The third kappa shape index (κ3) is 6.77. The van der Waals surface area contributed by atoms with Gasteiger partial charge in [0.25, 0.3) is 5.91 Å². The third-order valence-electron chi connectivity index (χ3n) is 6.48. The zero-order valence-corrected chi connectivity index (χ0v) is 23.6. The van der Waals surface area contributed by atoms with Gasteiger partial charge in [-0.1, -0.05) is 49.4 Å². The largest absolute Gasteiger partial charge is 0.495 e. The second kappa shape index (κ2) is 13.6. The lowest BCUT2D eigenvalue weighted by atomic mass is 9.85. The molecule has 1 aliphatic rings. The predicted molar refractivity (Wildman–Crippen MR) is 158 cm³/mol. The number of methoxy groups -OCH3 is 1. The predicted octanol–water partition coefficient (Wildman–Crippen LogP) is 6.34. The minimum atomic E-state index is -0.753. The lowest BCUT2D eigenvalue weighted by molar-refractivity contribution is -0.114. The second-order valence-electron chi connectivity index (χ2n) is 9.26. The van der Waals surface area contributed by atoms with Crippen LogP contribution >= 0.6 is 11.8 Å². The molecule has 40 heavy (non-hydrogen) atoms. The van der Waals surface area contributed by atoms with Gasteiger partial charge in [-0.3, -0.25) is 9.59 Å². The van der Waals surface area contributed by atoms with E-state index in [0.29, 0.717) is 39.1 Å². The van der Waals surface area contributed by atoms with Gasteiger partial charge in [0.05, 0.1) is 53.0 Å². The minimum absolute atomic E-state index is 0.0754. The molecule has 1 unspecified atom stereocenters. The van der Waals surface area contributed by atoms with Crippen LogP contribution in [-0.4, -0.2) is 24.7 Å². The van der Waals surface area contributed by atoms with Crippen LogP contribution in [0.5, 0.6) is 5.75 Å². The standard InChI is InChI=1S/C31H32N4O4S/c1-4-5-9-21-13-15-22(16-14-21)34-27(36)19-40-31-23(18-32)29(26-12-8-17-39-26)28(20(2)33-31)30(37)35-24-10-6-7-11-25(24)38-3/h6-8,10-17,29,33H,4-5,9,19H2,1-3H3,(H,34,36)(H,35,37). The number of para-hydroxylation sites is 2. The van der Waals surface area contributed by atoms with E-state index < -0.39 is 11.8 Å². The Hall–Kier alpha value is -4.42. The van der Waals surface area contributed by atoms with Gasteiger partial charge in [-0.25, -0.2) is 0 Å². The summed E-state index contributed by atoms with van der Waals surface area (Å²) in [7, 11) is 1.53. The van der Waals surface area contributed by atoms with Gasteiger partial charge >= 0.3 is 0 Å². The third-order valence-corrected chi connectivity index (χ3v) is 7.50. The average Bonchev–Trinajstić information content (AvgIpc) is 3.50. The van der Waals surface area contributed by atoms with Gasteiger partial charge in [-0.05, 0) is 61.7 Å². The van der Waals surface area contributed by atoms with Gasteiger partial charge in [0.15, 0.2) is 0 Å². The molecule has 2 heterocycles. The number of anilines is 2. The van der Waals surface area contributed by atoms with E-state index in [9.17, 15) is 14.9 Å². The number of nitrogens with one attached hydrogen (secondary N) is 3. The van der Waals surface area contributed by atoms with Gasteiger partial charge in [0.2, 0.25) is 5.91 Å². The van der Waals surface area contributed by atoms with E-state index in [-0.39, 0.29) is 11.7 Å². The van der Waals surface area contributed by atoms with E-state index >= 15 is 0 Å². The molecule has 0 fully saturated rings. The van der Waals surface area contributed by atoms with Crippen molar-refractivity contribution in [1.29, 1.82) is 5.26 Å². The Morgan fingerprint density at radius 2 is 1.88 bits per heavy atom. The number of allylic oxidation sites excluding steroid dienone is 2. The van der Waals surface area contributed by atoms with E-state index in [2.05, 4.69) is 28.9 Å². The van der Waals surface area contributed by atoms with Crippen LogP contribution in [-0.2, 0) is 16.0 Å². The van der Waals surface area contributed by atoms with Crippen molar-refractivity contribution in [3.8, 4) is 11.8 Å². The first-order valence-corrected chi connectivity index (χ1v) is 14.0. The minimum Gasteiger partial charge on any atom is -0.495 e. The summed E-state index contributed by atoms with van der Waals surface area (Å²) in [6.45, 7) is 3.92. The van der Waals surface area contributed by atoms with E-state index in [1.54, 1.807) is 37.3 Å². The normalized spacial score (nSPS) is 14.8. The maximum Gasteiger partial charge on any atom is 0.254 e. The van der Waals surface area contributed by atoms with E-state index in [1.165, 1.54) is 30.7 Å². The summed E-state index contributed by atoms with van der Waals surface area (Å²) in [4.78, 5) is 26.3. The maximum atomic E-state index is 13.6. The Balaban J connectivity index is 1.52. The number of hydrogen-bond donors (Lipinski definition) is 3. The highest BCUT2D eigenvalue weighted by atomic mass is 32.2. The summed E-state index contributed by atoms with van der Waals surface area (Å²) >= 11 is 1.21. The SMILES string of the molecule is CCCCc1ccc(NC(=O)CSC2=C(C#N)C(c3ccco3)C(C(=O)Nc3ccccc3OC)=C(C)N2)cc1. The molecule has 9 heteroatoms. The van der Waals surface area contributed by atoms with Crippen LogP contribution in [0.3, 0.4) is 0 Å². The van der Waals surface area contributed by atoms with Crippen molar-refractivity contribution >= 4 is 35.0 Å². The molecule has 0 radical (unpaired) electrons. The number of ether oxygens (including phenoxy) is 1. The number of aryl methyl sites for hydroxylation is 1. The fourth-order valence-electron chi connectivity index (χ4n) is 4.48. The first-order valence-electron chi connectivity index (χ1n) is 13.1. The monoisotopic (exact) mass is 556 g/mol. The van der Waals surface area contributed by atoms with Crippen molar-refractivity contribution in [2.75, 3.05) is 23.5 Å². The number of hydrogen-bond acceptors (Lipinski definition) is 7. The van der Waals surface area contributed by atoms with Crippen molar-refractivity contribution in [2.24, 2.45) is 0 Å². The van der Waals surface area contributed by atoms with Gasteiger partial charge in [-0.15, -0.1) is 0 Å². The van der Waals surface area contributed by atoms with Crippen molar-refractivity contribution in [3.05, 3.63) is 100 Å². The summed E-state index contributed by atoms with van der Waals surface area (Å²) in [5.41, 5.74) is 3.65. The Labute approximate surface area is 238 Å². The molecule has 0 aliphatic carbocycles. The van der Waals surface area contributed by atoms with Crippen LogP contribution < -0.4 is 20.7 Å². The summed E-state index contributed by atoms with van der Waals surface area (Å²) in [6, 6.07) is 20.6. The molecule has 2 amide bonds. The molecular weight excluding hydrogens is 524 g/mol. The molecule has 0 spiro atoms. The first kappa shape index (κ1) is 28.6. The summed E-state index contributed by atoms with van der Waals surface area (Å²) < 4.78 is 11.0.